The molecule has 1 N–H and O–H groups in total. The summed E-state index contributed by atoms with van der Waals surface area (Å²) in [6.07, 6.45) is 0.940. The van der Waals surface area contributed by atoms with Crippen LogP contribution in [0.15, 0.2) is 30.3 Å². The fourth-order valence-electron chi connectivity index (χ4n) is 2.23. The van der Waals surface area contributed by atoms with Crippen molar-refractivity contribution in [3.8, 4) is 0 Å². The molecule has 1 fully saturated rings. The van der Waals surface area contributed by atoms with Gasteiger partial charge in [0, 0.05) is 31.2 Å². The normalized spacial score (nSPS) is 17.9. The van der Waals surface area contributed by atoms with Crippen LogP contribution in [-0.4, -0.2) is 49.7 Å². The van der Waals surface area contributed by atoms with E-state index >= 15 is 0 Å². The van der Waals surface area contributed by atoms with Crippen LogP contribution in [0.4, 0.5) is 0 Å². The van der Waals surface area contributed by atoms with Gasteiger partial charge in [-0.25, -0.2) is 0 Å². The molecular weight excluding hydrogens is 240 g/mol. The van der Waals surface area contributed by atoms with Crippen LogP contribution in [0.5, 0.6) is 0 Å². The van der Waals surface area contributed by atoms with Crippen LogP contribution in [0.1, 0.15) is 23.7 Å². The number of rotatable bonds is 5. The molecule has 1 aromatic rings. The van der Waals surface area contributed by atoms with Crippen molar-refractivity contribution < 1.29 is 9.53 Å². The third kappa shape index (κ3) is 4.33. The standard InChI is InChI=1S/C15H22N2O2/c1-2-14(12-17-8-10-19-11-9-17)16-15(18)13-6-4-3-5-7-13/h3-7,14H,2,8-12H2,1H3,(H,16,18). The Hall–Kier alpha value is -1.39. The molecule has 1 saturated heterocycles. The monoisotopic (exact) mass is 262 g/mol. The first-order chi connectivity index (χ1) is 9.29. The molecule has 0 aliphatic carbocycles. The summed E-state index contributed by atoms with van der Waals surface area (Å²) < 4.78 is 5.34. The number of carbonyl (C=O) groups excluding carboxylic acids is 1. The molecule has 1 aliphatic heterocycles. The lowest BCUT2D eigenvalue weighted by atomic mass is 10.1. The summed E-state index contributed by atoms with van der Waals surface area (Å²) in [7, 11) is 0. The van der Waals surface area contributed by atoms with Crippen molar-refractivity contribution in [2.24, 2.45) is 0 Å². The number of ether oxygens (including phenoxy) is 1. The Morgan fingerprint density at radius 3 is 2.63 bits per heavy atom. The van der Waals surface area contributed by atoms with Gasteiger partial charge < -0.3 is 10.1 Å². The zero-order valence-electron chi connectivity index (χ0n) is 11.5. The molecular formula is C15H22N2O2. The van der Waals surface area contributed by atoms with Gasteiger partial charge in [0.15, 0.2) is 0 Å². The average molecular weight is 262 g/mol. The molecule has 0 bridgehead atoms. The van der Waals surface area contributed by atoms with Crippen molar-refractivity contribution >= 4 is 5.91 Å². The lowest BCUT2D eigenvalue weighted by Crippen LogP contribution is -2.47. The second-order valence-electron chi connectivity index (χ2n) is 4.86. The van der Waals surface area contributed by atoms with E-state index in [1.54, 1.807) is 0 Å². The molecule has 0 aromatic heterocycles. The van der Waals surface area contributed by atoms with Gasteiger partial charge in [-0.2, -0.15) is 0 Å². The van der Waals surface area contributed by atoms with Crippen LogP contribution < -0.4 is 5.32 Å². The third-order valence-electron chi connectivity index (χ3n) is 3.45. The van der Waals surface area contributed by atoms with Gasteiger partial charge in [0.25, 0.3) is 5.91 Å². The lowest BCUT2D eigenvalue weighted by molar-refractivity contribution is 0.0331. The molecule has 2 rings (SSSR count). The van der Waals surface area contributed by atoms with Crippen molar-refractivity contribution in [3.63, 3.8) is 0 Å². The Balaban J connectivity index is 1.86. The van der Waals surface area contributed by atoms with E-state index < -0.39 is 0 Å². The van der Waals surface area contributed by atoms with E-state index in [4.69, 9.17) is 4.74 Å². The highest BCUT2D eigenvalue weighted by Gasteiger charge is 2.17. The van der Waals surface area contributed by atoms with E-state index in [1.807, 2.05) is 30.3 Å². The van der Waals surface area contributed by atoms with Crippen LogP contribution in [0.2, 0.25) is 0 Å². The number of benzene rings is 1. The highest BCUT2D eigenvalue weighted by molar-refractivity contribution is 5.94. The molecule has 19 heavy (non-hydrogen) atoms. The minimum Gasteiger partial charge on any atom is -0.379 e. The fraction of sp³-hybridized carbons (Fsp3) is 0.533. The maximum atomic E-state index is 12.1. The van der Waals surface area contributed by atoms with Gasteiger partial charge in [-0.15, -0.1) is 0 Å². The number of hydrogen-bond acceptors (Lipinski definition) is 3. The maximum absolute atomic E-state index is 12.1. The molecule has 0 spiro atoms. The predicted molar refractivity (Wildman–Crippen MR) is 75.2 cm³/mol. The number of amides is 1. The van der Waals surface area contributed by atoms with Gasteiger partial charge in [0.05, 0.1) is 13.2 Å². The minimum absolute atomic E-state index is 0.0145. The Morgan fingerprint density at radius 1 is 1.32 bits per heavy atom. The van der Waals surface area contributed by atoms with E-state index in [0.717, 1.165) is 44.8 Å². The number of hydrogen-bond donors (Lipinski definition) is 1. The van der Waals surface area contributed by atoms with Gasteiger partial charge in [-0.05, 0) is 18.6 Å². The van der Waals surface area contributed by atoms with Crippen LogP contribution >= 0.6 is 0 Å². The lowest BCUT2D eigenvalue weighted by Gasteiger charge is -2.30. The van der Waals surface area contributed by atoms with Crippen molar-refractivity contribution in [1.29, 1.82) is 0 Å². The van der Waals surface area contributed by atoms with E-state index in [9.17, 15) is 4.79 Å². The Bertz CT molecular complexity index is 388. The number of carbonyl (C=O) groups is 1. The zero-order valence-corrected chi connectivity index (χ0v) is 11.5. The number of morpholine rings is 1. The summed E-state index contributed by atoms with van der Waals surface area (Å²) in [5, 5.41) is 3.11. The highest BCUT2D eigenvalue weighted by atomic mass is 16.5. The molecule has 1 aromatic carbocycles. The Kier molecular flexibility index (Phi) is 5.36. The molecule has 4 heteroatoms. The largest absolute Gasteiger partial charge is 0.379 e. The zero-order chi connectivity index (χ0) is 13.5. The molecule has 0 radical (unpaired) electrons. The Morgan fingerprint density at radius 2 is 2.00 bits per heavy atom. The number of nitrogens with one attached hydrogen (secondary N) is 1. The second kappa shape index (κ2) is 7.26. The first-order valence-electron chi connectivity index (χ1n) is 6.95. The van der Waals surface area contributed by atoms with E-state index in [0.29, 0.717) is 0 Å². The maximum Gasteiger partial charge on any atom is 0.251 e. The second-order valence-corrected chi connectivity index (χ2v) is 4.86. The van der Waals surface area contributed by atoms with Gasteiger partial charge in [0.1, 0.15) is 0 Å². The van der Waals surface area contributed by atoms with E-state index in [1.165, 1.54) is 0 Å². The molecule has 1 amide bonds. The van der Waals surface area contributed by atoms with Crippen molar-refractivity contribution in [2.75, 3.05) is 32.8 Å². The van der Waals surface area contributed by atoms with Crippen molar-refractivity contribution in [2.45, 2.75) is 19.4 Å². The van der Waals surface area contributed by atoms with Crippen molar-refractivity contribution in [3.05, 3.63) is 35.9 Å². The van der Waals surface area contributed by atoms with Crippen LogP contribution in [0.25, 0.3) is 0 Å². The summed E-state index contributed by atoms with van der Waals surface area (Å²) in [6, 6.07) is 9.58. The molecule has 4 nitrogen and oxygen atoms in total. The highest BCUT2D eigenvalue weighted by Crippen LogP contribution is 2.04. The van der Waals surface area contributed by atoms with Crippen molar-refractivity contribution in [1.82, 2.24) is 10.2 Å². The quantitative estimate of drug-likeness (QED) is 0.875. The molecule has 1 atom stereocenters. The molecule has 1 unspecified atom stereocenters. The van der Waals surface area contributed by atoms with Gasteiger partial charge in [0.2, 0.25) is 0 Å². The molecule has 1 heterocycles. The first-order valence-corrected chi connectivity index (χ1v) is 6.95. The fourth-order valence-corrected chi connectivity index (χ4v) is 2.23. The number of nitrogens with zero attached hydrogens (tertiary/aromatic N) is 1. The molecule has 1 aliphatic rings. The summed E-state index contributed by atoms with van der Waals surface area (Å²) in [5.41, 5.74) is 0.725. The third-order valence-corrected chi connectivity index (χ3v) is 3.45. The summed E-state index contributed by atoms with van der Waals surface area (Å²) in [6.45, 7) is 6.51. The van der Waals surface area contributed by atoms with Gasteiger partial charge >= 0.3 is 0 Å². The summed E-state index contributed by atoms with van der Waals surface area (Å²) in [4.78, 5) is 14.5. The molecule has 104 valence electrons. The van der Waals surface area contributed by atoms with E-state index in [-0.39, 0.29) is 11.9 Å². The minimum atomic E-state index is 0.0145. The van der Waals surface area contributed by atoms with Crippen LogP contribution in [-0.2, 0) is 4.74 Å². The summed E-state index contributed by atoms with van der Waals surface area (Å²) in [5.74, 6) is 0.0145. The Labute approximate surface area is 114 Å². The summed E-state index contributed by atoms with van der Waals surface area (Å²) >= 11 is 0. The predicted octanol–water partition coefficient (Wildman–Crippen LogP) is 1.53. The van der Waals surface area contributed by atoms with Crippen LogP contribution in [0.3, 0.4) is 0 Å². The average Bonchev–Trinajstić information content (AvgIpc) is 2.48. The first kappa shape index (κ1) is 14.0. The van der Waals surface area contributed by atoms with E-state index in [2.05, 4.69) is 17.1 Å². The van der Waals surface area contributed by atoms with Gasteiger partial charge in [-0.1, -0.05) is 25.1 Å². The van der Waals surface area contributed by atoms with Gasteiger partial charge in [-0.3, -0.25) is 9.69 Å². The SMILES string of the molecule is CCC(CN1CCOCC1)NC(=O)c1ccccc1. The molecule has 0 saturated carbocycles. The smallest absolute Gasteiger partial charge is 0.251 e. The topological polar surface area (TPSA) is 41.6 Å². The van der Waals surface area contributed by atoms with Crippen LogP contribution in [0, 0.1) is 0 Å².